The molecule has 3 atom stereocenters. The van der Waals surface area contributed by atoms with Crippen molar-refractivity contribution < 1.29 is 27.4 Å². The first-order valence-corrected chi connectivity index (χ1v) is 12.0. The Labute approximate surface area is 191 Å². The Kier molecular flexibility index (Phi) is 8.44. The van der Waals surface area contributed by atoms with Crippen LogP contribution in [0.4, 0.5) is 14.9 Å². The van der Waals surface area contributed by atoms with Crippen LogP contribution >= 0.6 is 11.6 Å². The van der Waals surface area contributed by atoms with Crippen LogP contribution in [0.5, 0.6) is 0 Å². The molecule has 0 aliphatic carbocycles. The maximum Gasteiger partial charge on any atom is 0.319 e. The second kappa shape index (κ2) is 11.1. The number of benzene rings is 2. The average Bonchev–Trinajstić information content (AvgIpc) is 2.76. The van der Waals surface area contributed by atoms with Gasteiger partial charge in [0, 0.05) is 17.3 Å². The highest BCUT2D eigenvalue weighted by atomic mass is 35.5. The van der Waals surface area contributed by atoms with Crippen molar-refractivity contribution in [2.45, 2.75) is 42.4 Å². The highest BCUT2D eigenvalue weighted by Crippen LogP contribution is 2.24. The van der Waals surface area contributed by atoms with E-state index in [1.165, 1.54) is 48.5 Å². The maximum absolute atomic E-state index is 12.9. The zero-order valence-electron chi connectivity index (χ0n) is 17.1. The first-order valence-electron chi connectivity index (χ1n) is 10.1. The van der Waals surface area contributed by atoms with Crippen LogP contribution in [0.3, 0.4) is 0 Å². The highest BCUT2D eigenvalue weighted by molar-refractivity contribution is 7.89. The normalized spacial score (nSPS) is 21.2. The topological polar surface area (TPSA) is 117 Å². The second-order valence-electron chi connectivity index (χ2n) is 7.41. The molecule has 4 N–H and O–H groups in total. The van der Waals surface area contributed by atoms with E-state index in [2.05, 4.69) is 15.4 Å². The van der Waals surface area contributed by atoms with Crippen molar-refractivity contribution >= 4 is 33.3 Å². The molecule has 2 aromatic carbocycles. The molecule has 0 bridgehead atoms. The molecule has 1 saturated heterocycles. The molecule has 1 heterocycles. The number of anilines is 1. The molecule has 0 saturated carbocycles. The third-order valence-electron chi connectivity index (χ3n) is 5.08. The van der Waals surface area contributed by atoms with Crippen molar-refractivity contribution in [3.63, 3.8) is 0 Å². The molecule has 3 rings (SSSR count). The number of rotatable bonds is 8. The zero-order valence-corrected chi connectivity index (χ0v) is 18.7. The lowest BCUT2D eigenvalue weighted by atomic mass is 9.98. The van der Waals surface area contributed by atoms with Crippen molar-refractivity contribution in [1.82, 2.24) is 10.0 Å². The monoisotopic (exact) mass is 485 g/mol. The van der Waals surface area contributed by atoms with Crippen LogP contribution in [0, 0.1) is 5.82 Å². The van der Waals surface area contributed by atoms with Crippen LogP contribution in [0.15, 0.2) is 53.4 Å². The first kappa shape index (κ1) is 24.4. The van der Waals surface area contributed by atoms with Gasteiger partial charge in [0.2, 0.25) is 10.0 Å². The predicted octanol–water partition coefficient (Wildman–Crippen LogP) is 2.88. The molecule has 1 aliphatic rings. The highest BCUT2D eigenvalue weighted by Gasteiger charge is 2.33. The van der Waals surface area contributed by atoms with Gasteiger partial charge in [-0.3, -0.25) is 0 Å². The Morgan fingerprint density at radius 2 is 1.81 bits per heavy atom. The summed E-state index contributed by atoms with van der Waals surface area (Å²) in [5.41, 5.74) is 0.467. The third kappa shape index (κ3) is 6.88. The number of carbonyl (C=O) groups is 1. The molecule has 8 nitrogen and oxygen atoms in total. The standard InChI is InChI=1S/C21H25ClFN3O5S/c22-14-1-8-18(9-2-14)32(29,30)26-19-10-7-17(31-20(19)13-27)11-12-24-21(28)25-16-5-3-15(23)4-6-16/h1-6,8-9,17,19-20,26-27H,7,10-13H2,(H2,24,25,28)/t17-,19-,20+/m0/s1. The van der Waals surface area contributed by atoms with E-state index < -0.39 is 34.0 Å². The molecular weight excluding hydrogens is 461 g/mol. The van der Waals surface area contributed by atoms with Gasteiger partial charge in [-0.15, -0.1) is 0 Å². The minimum absolute atomic E-state index is 0.0806. The fraction of sp³-hybridized carbons (Fsp3) is 0.381. The number of nitrogens with one attached hydrogen (secondary N) is 3. The number of urea groups is 1. The molecular formula is C21H25ClFN3O5S. The average molecular weight is 486 g/mol. The van der Waals surface area contributed by atoms with Crippen LogP contribution in [0.1, 0.15) is 19.3 Å². The van der Waals surface area contributed by atoms with E-state index in [4.69, 9.17) is 16.3 Å². The van der Waals surface area contributed by atoms with Crippen LogP contribution in [0.25, 0.3) is 0 Å². The summed E-state index contributed by atoms with van der Waals surface area (Å²) >= 11 is 5.81. The molecule has 2 aromatic rings. The lowest BCUT2D eigenvalue weighted by molar-refractivity contribution is -0.0871. The Bertz CT molecular complexity index is 1010. The Morgan fingerprint density at radius 3 is 2.47 bits per heavy atom. The number of carbonyl (C=O) groups excluding carboxylic acids is 1. The Morgan fingerprint density at radius 1 is 1.12 bits per heavy atom. The van der Waals surface area contributed by atoms with Crippen LogP contribution in [-0.4, -0.2) is 51.0 Å². The van der Waals surface area contributed by atoms with E-state index in [0.29, 0.717) is 36.5 Å². The molecule has 0 unspecified atom stereocenters. The summed E-state index contributed by atoms with van der Waals surface area (Å²) in [6.45, 7) is -0.0280. The van der Waals surface area contributed by atoms with Crippen LogP contribution in [-0.2, 0) is 14.8 Å². The van der Waals surface area contributed by atoms with Gasteiger partial charge < -0.3 is 20.5 Å². The van der Waals surface area contributed by atoms with Crippen molar-refractivity contribution in [2.75, 3.05) is 18.5 Å². The van der Waals surface area contributed by atoms with Crippen molar-refractivity contribution in [3.05, 3.63) is 59.4 Å². The second-order valence-corrected chi connectivity index (χ2v) is 9.57. The predicted molar refractivity (Wildman–Crippen MR) is 119 cm³/mol. The van der Waals surface area contributed by atoms with E-state index in [9.17, 15) is 22.7 Å². The number of aliphatic hydroxyl groups excluding tert-OH is 1. The minimum atomic E-state index is -3.79. The number of aliphatic hydroxyl groups is 1. The van der Waals surface area contributed by atoms with Crippen LogP contribution < -0.4 is 15.4 Å². The lowest BCUT2D eigenvalue weighted by Gasteiger charge is -2.36. The molecule has 2 amide bonds. The molecule has 0 radical (unpaired) electrons. The number of sulfonamides is 1. The first-order chi connectivity index (χ1) is 15.3. The Balaban J connectivity index is 1.46. The smallest absolute Gasteiger partial charge is 0.319 e. The quantitative estimate of drug-likeness (QED) is 0.458. The molecule has 0 aromatic heterocycles. The van der Waals surface area contributed by atoms with Crippen LogP contribution in [0.2, 0.25) is 5.02 Å². The number of amides is 2. The van der Waals surface area contributed by atoms with E-state index in [1.807, 2.05) is 0 Å². The van der Waals surface area contributed by atoms with Gasteiger partial charge in [-0.1, -0.05) is 11.6 Å². The molecule has 0 spiro atoms. The van der Waals surface area contributed by atoms with E-state index in [-0.39, 0.29) is 17.6 Å². The Hall–Kier alpha value is -2.24. The summed E-state index contributed by atoms with van der Waals surface area (Å²) in [5.74, 6) is -0.391. The van der Waals surface area contributed by atoms with Crippen molar-refractivity contribution in [2.24, 2.45) is 0 Å². The summed E-state index contributed by atoms with van der Waals surface area (Å²) in [4.78, 5) is 12.0. The van der Waals surface area contributed by atoms with Gasteiger partial charge in [-0.2, -0.15) is 0 Å². The van der Waals surface area contributed by atoms with Gasteiger partial charge in [0.15, 0.2) is 0 Å². The van der Waals surface area contributed by atoms with E-state index >= 15 is 0 Å². The van der Waals surface area contributed by atoms with Crippen molar-refractivity contribution in [3.8, 4) is 0 Å². The zero-order chi connectivity index (χ0) is 23.1. The largest absolute Gasteiger partial charge is 0.394 e. The third-order valence-corrected chi connectivity index (χ3v) is 6.84. The number of halogens is 2. The lowest BCUT2D eigenvalue weighted by Crippen LogP contribution is -2.51. The van der Waals surface area contributed by atoms with E-state index in [1.54, 1.807) is 0 Å². The summed E-state index contributed by atoms with van der Waals surface area (Å²) < 4.78 is 46.6. The number of hydrogen-bond donors (Lipinski definition) is 4. The minimum Gasteiger partial charge on any atom is -0.394 e. The summed E-state index contributed by atoms with van der Waals surface area (Å²) in [7, 11) is -3.79. The summed E-state index contributed by atoms with van der Waals surface area (Å²) in [5, 5.41) is 15.4. The fourth-order valence-electron chi connectivity index (χ4n) is 3.42. The molecule has 1 aliphatic heterocycles. The van der Waals surface area contributed by atoms with E-state index in [0.717, 1.165) is 0 Å². The molecule has 32 heavy (non-hydrogen) atoms. The van der Waals surface area contributed by atoms with Crippen molar-refractivity contribution in [1.29, 1.82) is 0 Å². The van der Waals surface area contributed by atoms with Gasteiger partial charge in [0.05, 0.1) is 29.8 Å². The molecule has 174 valence electrons. The summed E-state index contributed by atoms with van der Waals surface area (Å²) in [6.07, 6.45) is 0.582. The molecule has 11 heteroatoms. The number of hydrogen-bond acceptors (Lipinski definition) is 5. The van der Waals surface area contributed by atoms with Gasteiger partial charge in [0.1, 0.15) is 5.82 Å². The van der Waals surface area contributed by atoms with Gasteiger partial charge in [-0.25, -0.2) is 22.3 Å². The SMILES string of the molecule is O=C(NCC[C@@H]1CC[C@H](NS(=O)(=O)c2ccc(Cl)cc2)[C@@H](CO)O1)Nc1ccc(F)cc1. The summed E-state index contributed by atoms with van der Waals surface area (Å²) in [6, 6.07) is 10.2. The fourth-order valence-corrected chi connectivity index (χ4v) is 4.84. The maximum atomic E-state index is 12.9. The van der Waals surface area contributed by atoms with Gasteiger partial charge in [0.25, 0.3) is 0 Å². The number of ether oxygens (including phenoxy) is 1. The van der Waals surface area contributed by atoms with Gasteiger partial charge in [-0.05, 0) is 67.8 Å². The molecule has 1 fully saturated rings. The van der Waals surface area contributed by atoms with Gasteiger partial charge >= 0.3 is 6.03 Å².